The van der Waals surface area contributed by atoms with Crippen LogP contribution >= 0.6 is 0 Å². The minimum absolute atomic E-state index is 0.127. The van der Waals surface area contributed by atoms with Gasteiger partial charge in [-0.05, 0) is 50.6 Å². The van der Waals surface area contributed by atoms with Gasteiger partial charge in [0.1, 0.15) is 11.3 Å². The molecule has 2 heterocycles. The van der Waals surface area contributed by atoms with Gasteiger partial charge in [-0.2, -0.15) is 0 Å². The van der Waals surface area contributed by atoms with Gasteiger partial charge in [0.2, 0.25) is 0 Å². The van der Waals surface area contributed by atoms with Gasteiger partial charge < -0.3 is 23.9 Å². The summed E-state index contributed by atoms with van der Waals surface area (Å²) in [7, 11) is 0. The van der Waals surface area contributed by atoms with Crippen molar-refractivity contribution in [3.63, 3.8) is 0 Å². The van der Waals surface area contributed by atoms with Crippen molar-refractivity contribution in [2.45, 2.75) is 26.8 Å². The van der Waals surface area contributed by atoms with Crippen LogP contribution in [0.3, 0.4) is 0 Å². The maximum Gasteiger partial charge on any atom is 0.516 e. The van der Waals surface area contributed by atoms with Gasteiger partial charge in [0.25, 0.3) is 5.95 Å². The van der Waals surface area contributed by atoms with Gasteiger partial charge in [-0.15, -0.1) is 0 Å². The van der Waals surface area contributed by atoms with Crippen LogP contribution < -0.4 is 14.8 Å². The predicted octanol–water partition coefficient (Wildman–Crippen LogP) is 4.23. The van der Waals surface area contributed by atoms with Gasteiger partial charge in [0.15, 0.2) is 0 Å². The largest absolute Gasteiger partial charge is 0.516 e. The molecule has 1 aromatic carbocycles. The van der Waals surface area contributed by atoms with E-state index in [0.717, 1.165) is 30.5 Å². The van der Waals surface area contributed by atoms with Gasteiger partial charge in [-0.3, -0.25) is 4.98 Å². The van der Waals surface area contributed by atoms with Crippen LogP contribution in [0.25, 0.3) is 11.0 Å². The molecule has 0 fully saturated rings. The highest BCUT2D eigenvalue weighted by molar-refractivity contribution is 5.89. The number of ether oxygens (including phenoxy) is 3. The number of benzene rings is 1. The molecule has 0 unspecified atom stereocenters. The second-order valence-electron chi connectivity index (χ2n) is 6.17. The molecular formula is C21H24N2O5. The van der Waals surface area contributed by atoms with Gasteiger partial charge >= 0.3 is 6.16 Å². The van der Waals surface area contributed by atoms with Crippen molar-refractivity contribution in [1.29, 1.82) is 0 Å². The Morgan fingerprint density at radius 3 is 2.93 bits per heavy atom. The Hall–Kier alpha value is -3.06. The maximum absolute atomic E-state index is 11.6. The third-order valence-electron chi connectivity index (χ3n) is 4.12. The number of nitrogens with zero attached hydrogens (tertiary/aromatic N) is 1. The summed E-state index contributed by atoms with van der Waals surface area (Å²) in [5.41, 5.74) is 2.45. The first-order chi connectivity index (χ1) is 13.7. The highest BCUT2D eigenvalue weighted by Gasteiger charge is 2.19. The van der Waals surface area contributed by atoms with E-state index in [9.17, 15) is 4.79 Å². The lowest BCUT2D eigenvalue weighted by atomic mass is 10.1. The average Bonchev–Trinajstić information content (AvgIpc) is 3.01. The molecule has 7 nitrogen and oxygen atoms in total. The zero-order valence-corrected chi connectivity index (χ0v) is 16.1. The molecule has 0 bridgehead atoms. The van der Waals surface area contributed by atoms with Gasteiger partial charge in [-0.25, -0.2) is 4.79 Å². The quantitative estimate of drug-likeness (QED) is 0.437. The molecule has 28 heavy (non-hydrogen) atoms. The van der Waals surface area contributed by atoms with E-state index in [4.69, 9.17) is 18.6 Å². The number of aryl methyl sites for hydroxylation is 1. The Labute approximate surface area is 163 Å². The fourth-order valence-electron chi connectivity index (χ4n) is 2.80. The number of aromatic nitrogens is 1. The van der Waals surface area contributed by atoms with Crippen molar-refractivity contribution < 1.29 is 23.4 Å². The summed E-state index contributed by atoms with van der Waals surface area (Å²) in [4.78, 5) is 15.6. The van der Waals surface area contributed by atoms with Crippen molar-refractivity contribution in [3.05, 3.63) is 53.9 Å². The molecule has 0 spiro atoms. The Bertz CT molecular complexity index is 908. The second kappa shape index (κ2) is 9.75. The molecule has 2 aromatic heterocycles. The molecule has 1 N–H and O–H groups in total. The molecule has 3 rings (SSSR count). The first-order valence-electron chi connectivity index (χ1n) is 9.28. The zero-order chi connectivity index (χ0) is 19.8. The van der Waals surface area contributed by atoms with Gasteiger partial charge in [0.05, 0.1) is 18.6 Å². The maximum atomic E-state index is 11.6. The first-order valence-corrected chi connectivity index (χ1v) is 9.28. The van der Waals surface area contributed by atoms with Crippen LogP contribution in [0.5, 0.6) is 11.7 Å². The summed E-state index contributed by atoms with van der Waals surface area (Å²) < 4.78 is 21.5. The van der Waals surface area contributed by atoms with Crippen LogP contribution in [0.15, 0.2) is 47.1 Å². The number of hydrogen-bond acceptors (Lipinski definition) is 7. The molecule has 0 amide bonds. The fourth-order valence-corrected chi connectivity index (χ4v) is 2.80. The number of rotatable bonds is 9. The number of carbonyl (C=O) groups excluding carboxylic acids is 1. The molecule has 148 valence electrons. The van der Waals surface area contributed by atoms with Crippen molar-refractivity contribution >= 4 is 17.1 Å². The summed E-state index contributed by atoms with van der Waals surface area (Å²) in [6, 6.07) is 9.49. The Morgan fingerprint density at radius 1 is 1.25 bits per heavy atom. The van der Waals surface area contributed by atoms with E-state index < -0.39 is 6.16 Å². The molecule has 0 saturated carbocycles. The van der Waals surface area contributed by atoms with Crippen molar-refractivity contribution in [2.75, 3.05) is 19.8 Å². The molecule has 0 aliphatic carbocycles. The van der Waals surface area contributed by atoms with Gasteiger partial charge in [-0.1, -0.05) is 12.1 Å². The Kier molecular flexibility index (Phi) is 6.86. The monoisotopic (exact) mass is 384 g/mol. The van der Waals surface area contributed by atoms with Crippen LogP contribution in [0.4, 0.5) is 4.79 Å². The third kappa shape index (κ3) is 5.01. The summed E-state index contributed by atoms with van der Waals surface area (Å²) >= 11 is 0. The van der Waals surface area contributed by atoms with Crippen LogP contribution in [0, 0.1) is 6.92 Å². The Morgan fingerprint density at radius 2 is 2.14 bits per heavy atom. The minimum Gasteiger partial charge on any atom is -0.493 e. The first kappa shape index (κ1) is 19.7. The summed E-state index contributed by atoms with van der Waals surface area (Å²) in [6.45, 7) is 5.93. The molecule has 0 aliphatic rings. The Balaban J connectivity index is 1.54. The number of nitrogens with one attached hydrogen (secondary N) is 1. The number of fused-ring (bicyclic) bond motifs is 1. The minimum atomic E-state index is -0.785. The summed E-state index contributed by atoms with van der Waals surface area (Å²) in [5, 5.41) is 4.16. The highest BCUT2D eigenvalue weighted by atomic mass is 16.8. The smallest absolute Gasteiger partial charge is 0.493 e. The van der Waals surface area contributed by atoms with E-state index in [1.54, 1.807) is 13.1 Å². The normalized spacial score (nSPS) is 10.8. The van der Waals surface area contributed by atoms with Crippen LogP contribution in [0.1, 0.15) is 24.5 Å². The molecule has 0 radical (unpaired) electrons. The average molecular weight is 384 g/mol. The van der Waals surface area contributed by atoms with Crippen LogP contribution in [-0.4, -0.2) is 30.9 Å². The standard InChI is InChI=1S/C21H24N2O5/c1-3-25-21(24)28-20-15(2)19-17(8-4-9-18(19)27-20)26-12-6-11-23-14-16-7-5-10-22-13-16/h4-5,7-10,13,23H,3,6,11-12,14H2,1-2H3. The zero-order valence-electron chi connectivity index (χ0n) is 16.1. The van der Waals surface area contributed by atoms with E-state index in [0.29, 0.717) is 23.5 Å². The summed E-state index contributed by atoms with van der Waals surface area (Å²) in [6.07, 6.45) is 3.67. The van der Waals surface area contributed by atoms with E-state index in [-0.39, 0.29) is 12.6 Å². The lowest BCUT2D eigenvalue weighted by Gasteiger charge is -2.08. The van der Waals surface area contributed by atoms with E-state index in [1.165, 1.54) is 0 Å². The molecule has 3 aromatic rings. The third-order valence-corrected chi connectivity index (χ3v) is 4.12. The fraction of sp³-hybridized carbons (Fsp3) is 0.333. The van der Waals surface area contributed by atoms with Crippen molar-refractivity contribution in [1.82, 2.24) is 10.3 Å². The number of furan rings is 1. The van der Waals surface area contributed by atoms with Gasteiger partial charge in [0, 0.05) is 24.5 Å². The topological polar surface area (TPSA) is 82.8 Å². The molecular weight excluding hydrogens is 360 g/mol. The molecule has 7 heteroatoms. The predicted molar refractivity (Wildman–Crippen MR) is 105 cm³/mol. The lowest BCUT2D eigenvalue weighted by Crippen LogP contribution is -2.17. The number of pyridine rings is 1. The SMILES string of the molecule is CCOC(=O)Oc1oc2cccc(OCCCNCc3cccnc3)c2c1C. The highest BCUT2D eigenvalue weighted by Crippen LogP contribution is 2.37. The molecule has 0 atom stereocenters. The second-order valence-corrected chi connectivity index (χ2v) is 6.17. The van der Waals surface area contributed by atoms with Crippen LogP contribution in [-0.2, 0) is 11.3 Å². The molecule has 0 saturated heterocycles. The lowest BCUT2D eigenvalue weighted by molar-refractivity contribution is 0.0953. The van der Waals surface area contributed by atoms with Crippen molar-refractivity contribution in [3.8, 4) is 11.7 Å². The van der Waals surface area contributed by atoms with E-state index >= 15 is 0 Å². The van der Waals surface area contributed by atoms with Crippen LogP contribution in [0.2, 0.25) is 0 Å². The summed E-state index contributed by atoms with van der Waals surface area (Å²) in [5.74, 6) is 0.826. The van der Waals surface area contributed by atoms with E-state index in [1.807, 2.05) is 43.5 Å². The van der Waals surface area contributed by atoms with E-state index in [2.05, 4.69) is 10.3 Å². The van der Waals surface area contributed by atoms with Crippen molar-refractivity contribution in [2.24, 2.45) is 0 Å². The number of hydrogen-bond donors (Lipinski definition) is 1. The molecule has 0 aliphatic heterocycles. The number of carbonyl (C=O) groups is 1.